The Morgan fingerprint density at radius 1 is 1.06 bits per heavy atom. The minimum Gasteiger partial charge on any atom is -0.480 e. The van der Waals surface area contributed by atoms with Crippen LogP contribution >= 0.6 is 0 Å². The van der Waals surface area contributed by atoms with Crippen molar-refractivity contribution in [1.82, 2.24) is 10.6 Å². The van der Waals surface area contributed by atoms with Crippen molar-refractivity contribution in [3.05, 3.63) is 59.7 Å². The average Bonchev–Trinajstić information content (AvgIpc) is 3.18. The molecule has 2 aromatic carbocycles. The van der Waals surface area contributed by atoms with Crippen LogP contribution in [0.3, 0.4) is 0 Å². The van der Waals surface area contributed by atoms with Gasteiger partial charge in [0.15, 0.2) is 0 Å². The number of amides is 2. The van der Waals surface area contributed by atoms with Crippen LogP contribution in [0.1, 0.15) is 43.7 Å². The summed E-state index contributed by atoms with van der Waals surface area (Å²) >= 11 is 0. The van der Waals surface area contributed by atoms with Gasteiger partial charge in [0.05, 0.1) is 6.10 Å². The van der Waals surface area contributed by atoms with Crippen molar-refractivity contribution < 1.29 is 29.0 Å². The van der Waals surface area contributed by atoms with Crippen LogP contribution in [0.4, 0.5) is 4.79 Å². The van der Waals surface area contributed by atoms with E-state index in [0.29, 0.717) is 13.0 Å². The van der Waals surface area contributed by atoms with Crippen molar-refractivity contribution in [1.29, 1.82) is 0 Å². The van der Waals surface area contributed by atoms with Crippen LogP contribution < -0.4 is 10.6 Å². The number of carboxylic acid groups (broad SMARTS) is 1. The predicted octanol–water partition coefficient (Wildman–Crippen LogP) is 3.30. The third kappa shape index (κ3) is 3.58. The van der Waals surface area contributed by atoms with Gasteiger partial charge in [-0.3, -0.25) is 9.59 Å². The zero-order valence-electron chi connectivity index (χ0n) is 19.9. The lowest BCUT2D eigenvalue weighted by atomic mass is 9.45. The Kier molecular flexibility index (Phi) is 5.79. The molecule has 0 radical (unpaired) electrons. The summed E-state index contributed by atoms with van der Waals surface area (Å²) in [6, 6.07) is 16.1. The first-order valence-corrected chi connectivity index (χ1v) is 12.0. The molecule has 0 spiro atoms. The molecule has 3 unspecified atom stereocenters. The molecule has 2 amide bonds. The van der Waals surface area contributed by atoms with Gasteiger partial charge in [0, 0.05) is 23.9 Å². The summed E-state index contributed by atoms with van der Waals surface area (Å²) in [5, 5.41) is 14.4. The predicted molar refractivity (Wildman–Crippen MR) is 128 cm³/mol. The number of fused-ring (bicyclic) bond motifs is 4. The largest absolute Gasteiger partial charge is 0.480 e. The molecule has 2 aromatic rings. The van der Waals surface area contributed by atoms with Crippen LogP contribution in [0, 0.1) is 11.3 Å². The van der Waals surface area contributed by atoms with E-state index in [-0.39, 0.29) is 24.5 Å². The molecule has 3 atom stereocenters. The quantitative estimate of drug-likeness (QED) is 0.587. The number of aliphatic carboxylic acids is 1. The van der Waals surface area contributed by atoms with E-state index in [1.807, 2.05) is 50.2 Å². The van der Waals surface area contributed by atoms with Crippen LogP contribution in [-0.2, 0) is 19.1 Å². The maximum Gasteiger partial charge on any atom is 0.408 e. The summed E-state index contributed by atoms with van der Waals surface area (Å²) in [4.78, 5) is 37.6. The van der Waals surface area contributed by atoms with E-state index < -0.39 is 35.5 Å². The second-order valence-corrected chi connectivity index (χ2v) is 10.1. The third-order valence-electron chi connectivity index (χ3n) is 8.01. The van der Waals surface area contributed by atoms with E-state index in [4.69, 9.17) is 14.6 Å². The van der Waals surface area contributed by atoms with Crippen LogP contribution in [0.25, 0.3) is 11.1 Å². The molecule has 8 nitrogen and oxygen atoms in total. The van der Waals surface area contributed by atoms with Crippen molar-refractivity contribution in [3.63, 3.8) is 0 Å². The number of hydrogen-bond donors (Lipinski definition) is 3. The number of alkyl carbamates (subject to hydrolysis) is 1. The highest BCUT2D eigenvalue weighted by Crippen LogP contribution is 2.59. The highest BCUT2D eigenvalue weighted by atomic mass is 16.5. The summed E-state index contributed by atoms with van der Waals surface area (Å²) in [6.45, 7) is 3.93. The average molecular weight is 479 g/mol. The van der Waals surface area contributed by atoms with Gasteiger partial charge in [-0.1, -0.05) is 62.4 Å². The Balaban J connectivity index is 1.36. The lowest BCUT2D eigenvalue weighted by Crippen LogP contribution is -2.84. The Morgan fingerprint density at radius 3 is 2.31 bits per heavy atom. The van der Waals surface area contributed by atoms with Crippen LogP contribution in [-0.4, -0.2) is 54.5 Å². The number of hydrogen-bond acceptors (Lipinski definition) is 5. The molecule has 3 N–H and O–H groups in total. The van der Waals surface area contributed by atoms with Crippen molar-refractivity contribution >= 4 is 18.0 Å². The van der Waals surface area contributed by atoms with Gasteiger partial charge in [-0.25, -0.2) is 4.79 Å². The molecule has 2 fully saturated rings. The Hall–Kier alpha value is -3.39. The Bertz CT molecular complexity index is 1130. The smallest absolute Gasteiger partial charge is 0.408 e. The van der Waals surface area contributed by atoms with Gasteiger partial charge in [-0.2, -0.15) is 0 Å². The SMILES string of the molecule is CC1(C)C2OCCCC2C1(NC(=O)OCC1c2ccccc2-c2ccccc21)C(=O)NCC(=O)O. The molecule has 1 saturated heterocycles. The molecule has 1 aliphatic heterocycles. The standard InChI is InChI=1S/C27H30N2O6/c1-26(2)23-21(12-7-13-34-23)27(26,24(32)28-14-22(30)31)29-25(33)35-15-20-18-10-5-3-8-16(18)17-9-4-6-11-19(17)20/h3-6,8-11,20-21,23H,7,12-15H2,1-2H3,(H,28,32)(H,29,33)(H,30,31). The van der Waals surface area contributed by atoms with Gasteiger partial charge >= 0.3 is 12.1 Å². The lowest BCUT2D eigenvalue weighted by Gasteiger charge is -2.66. The molecule has 1 heterocycles. The number of carbonyl (C=O) groups is 3. The number of carboxylic acids is 1. The molecule has 1 saturated carbocycles. The minimum absolute atomic E-state index is 0.106. The summed E-state index contributed by atoms with van der Waals surface area (Å²) in [6.07, 6.45) is 0.547. The van der Waals surface area contributed by atoms with E-state index >= 15 is 0 Å². The first kappa shape index (κ1) is 23.4. The summed E-state index contributed by atoms with van der Waals surface area (Å²) in [7, 11) is 0. The minimum atomic E-state index is -1.32. The van der Waals surface area contributed by atoms with E-state index in [0.717, 1.165) is 28.7 Å². The molecule has 8 heteroatoms. The second-order valence-electron chi connectivity index (χ2n) is 10.1. The van der Waals surface area contributed by atoms with Crippen LogP contribution in [0.2, 0.25) is 0 Å². The normalized spacial score (nSPS) is 25.9. The molecule has 3 aliphatic rings. The molecular formula is C27H30N2O6. The number of rotatable bonds is 6. The first-order chi connectivity index (χ1) is 16.8. The zero-order chi connectivity index (χ0) is 24.8. The molecule has 5 rings (SSSR count). The van der Waals surface area contributed by atoms with Crippen molar-refractivity contribution in [2.45, 2.75) is 44.2 Å². The highest BCUT2D eigenvalue weighted by Gasteiger charge is 2.73. The molecule has 0 aromatic heterocycles. The van der Waals surface area contributed by atoms with E-state index in [9.17, 15) is 14.4 Å². The number of ether oxygens (including phenoxy) is 2. The maximum atomic E-state index is 13.3. The monoisotopic (exact) mass is 478 g/mol. The van der Waals surface area contributed by atoms with E-state index in [1.165, 1.54) is 0 Å². The maximum absolute atomic E-state index is 13.3. The molecule has 35 heavy (non-hydrogen) atoms. The van der Waals surface area contributed by atoms with Crippen LogP contribution in [0.5, 0.6) is 0 Å². The highest BCUT2D eigenvalue weighted by molar-refractivity contribution is 5.94. The molecular weight excluding hydrogens is 448 g/mol. The summed E-state index contributed by atoms with van der Waals surface area (Å²) in [5.74, 6) is -2.04. The fourth-order valence-corrected chi connectivity index (χ4v) is 6.40. The number of carbonyl (C=O) groups excluding carboxylic acids is 2. The van der Waals surface area contributed by atoms with Crippen molar-refractivity contribution in [2.75, 3.05) is 19.8 Å². The fraction of sp³-hybridized carbons (Fsp3) is 0.444. The van der Waals surface area contributed by atoms with Gasteiger partial charge in [0.2, 0.25) is 5.91 Å². The summed E-state index contributed by atoms with van der Waals surface area (Å²) in [5.41, 5.74) is 2.38. The van der Waals surface area contributed by atoms with Crippen molar-refractivity contribution in [2.24, 2.45) is 11.3 Å². The fourth-order valence-electron chi connectivity index (χ4n) is 6.40. The third-order valence-corrected chi connectivity index (χ3v) is 8.01. The lowest BCUT2D eigenvalue weighted by molar-refractivity contribution is -0.233. The zero-order valence-corrected chi connectivity index (χ0v) is 19.9. The van der Waals surface area contributed by atoms with Crippen LogP contribution in [0.15, 0.2) is 48.5 Å². The van der Waals surface area contributed by atoms with Gasteiger partial charge in [-0.15, -0.1) is 0 Å². The Labute approximate surface area is 204 Å². The van der Waals surface area contributed by atoms with Gasteiger partial charge in [0.1, 0.15) is 18.7 Å². The molecule has 184 valence electrons. The van der Waals surface area contributed by atoms with E-state index in [2.05, 4.69) is 22.8 Å². The van der Waals surface area contributed by atoms with Gasteiger partial charge in [-0.05, 0) is 35.1 Å². The topological polar surface area (TPSA) is 114 Å². The summed E-state index contributed by atoms with van der Waals surface area (Å²) < 4.78 is 11.7. The number of nitrogens with one attached hydrogen (secondary N) is 2. The van der Waals surface area contributed by atoms with Gasteiger partial charge in [0.25, 0.3) is 0 Å². The first-order valence-electron chi connectivity index (χ1n) is 12.0. The second kappa shape index (κ2) is 8.68. The number of benzene rings is 2. The van der Waals surface area contributed by atoms with Crippen molar-refractivity contribution in [3.8, 4) is 11.1 Å². The van der Waals surface area contributed by atoms with E-state index in [1.54, 1.807) is 0 Å². The van der Waals surface area contributed by atoms with Gasteiger partial charge < -0.3 is 25.2 Å². The molecule has 0 bridgehead atoms. The Morgan fingerprint density at radius 2 is 1.69 bits per heavy atom. The molecule has 2 aliphatic carbocycles.